The third-order valence-corrected chi connectivity index (χ3v) is 8.75. The Bertz CT molecular complexity index is 1090. The second kappa shape index (κ2) is 8.31. The van der Waals surface area contributed by atoms with Crippen molar-refractivity contribution in [3.05, 3.63) is 58.1 Å². The Kier molecular flexibility index (Phi) is 5.66. The lowest BCUT2D eigenvalue weighted by Gasteiger charge is -2.34. The van der Waals surface area contributed by atoms with Crippen molar-refractivity contribution in [2.75, 3.05) is 37.6 Å². The lowest BCUT2D eigenvalue weighted by Crippen LogP contribution is -2.48. The molecule has 0 N–H and O–H groups in total. The molecule has 0 unspecified atom stereocenters. The number of amides is 1. The van der Waals surface area contributed by atoms with Crippen molar-refractivity contribution in [1.82, 2.24) is 9.21 Å². The summed E-state index contributed by atoms with van der Waals surface area (Å²) in [5.41, 5.74) is 2.77. The van der Waals surface area contributed by atoms with E-state index in [1.54, 1.807) is 15.3 Å². The summed E-state index contributed by atoms with van der Waals surface area (Å²) < 4.78 is 29.7. The van der Waals surface area contributed by atoms with Crippen LogP contribution in [-0.2, 0) is 27.8 Å². The molecule has 1 saturated heterocycles. The van der Waals surface area contributed by atoms with E-state index in [2.05, 4.69) is 33.0 Å². The van der Waals surface area contributed by atoms with Crippen molar-refractivity contribution < 1.29 is 13.2 Å². The van der Waals surface area contributed by atoms with Gasteiger partial charge in [0, 0.05) is 49.7 Å². The van der Waals surface area contributed by atoms with Crippen LogP contribution in [0.5, 0.6) is 0 Å². The van der Waals surface area contributed by atoms with Gasteiger partial charge in [-0.1, -0.05) is 46.3 Å². The maximum absolute atomic E-state index is 13.7. The predicted octanol–water partition coefficient (Wildman–Crippen LogP) is 3.25. The van der Waals surface area contributed by atoms with Gasteiger partial charge < -0.3 is 4.90 Å². The van der Waals surface area contributed by atoms with Crippen molar-refractivity contribution in [1.29, 1.82) is 0 Å². The maximum atomic E-state index is 13.7. The van der Waals surface area contributed by atoms with Crippen LogP contribution in [0.2, 0.25) is 0 Å². The molecule has 0 atom stereocenters. The number of halogens is 1. The first-order valence-electron chi connectivity index (χ1n) is 10.8. The number of anilines is 1. The standard InChI is InChI=1S/C23H26BrN3O3S/c24-20-14-19-8-9-27(23(28)18-6-7-18)22(19)21(15-20)31(29,30)26-12-10-25(11-13-26)16-17-4-2-1-3-5-17/h1-5,14-15,18H,6-13,16H2. The molecule has 0 aromatic heterocycles. The molecule has 2 fully saturated rings. The number of hydrogen-bond donors (Lipinski definition) is 0. The highest BCUT2D eigenvalue weighted by atomic mass is 79.9. The highest BCUT2D eigenvalue weighted by Crippen LogP contribution is 2.42. The molecule has 1 saturated carbocycles. The lowest BCUT2D eigenvalue weighted by molar-refractivity contribution is -0.119. The van der Waals surface area contributed by atoms with Crippen LogP contribution in [-0.4, -0.2) is 56.3 Å². The van der Waals surface area contributed by atoms with Crippen molar-refractivity contribution in [2.24, 2.45) is 5.92 Å². The average molecular weight is 504 g/mol. The Labute approximate surface area is 192 Å². The lowest BCUT2D eigenvalue weighted by atomic mass is 10.2. The van der Waals surface area contributed by atoms with Gasteiger partial charge in [-0.3, -0.25) is 9.69 Å². The summed E-state index contributed by atoms with van der Waals surface area (Å²) in [6, 6.07) is 13.9. The minimum atomic E-state index is -3.70. The van der Waals surface area contributed by atoms with Crippen LogP contribution >= 0.6 is 15.9 Å². The van der Waals surface area contributed by atoms with Gasteiger partial charge in [-0.15, -0.1) is 0 Å². The molecule has 2 heterocycles. The van der Waals surface area contributed by atoms with E-state index >= 15 is 0 Å². The fourth-order valence-corrected chi connectivity index (χ4v) is 6.89. The first-order chi connectivity index (χ1) is 14.9. The highest BCUT2D eigenvalue weighted by molar-refractivity contribution is 9.10. The zero-order valence-electron chi connectivity index (χ0n) is 17.3. The number of piperazine rings is 1. The van der Waals surface area contributed by atoms with Crippen molar-refractivity contribution in [3.8, 4) is 0 Å². The molecule has 31 heavy (non-hydrogen) atoms. The fraction of sp³-hybridized carbons (Fsp3) is 0.435. The molecule has 0 bridgehead atoms. The van der Waals surface area contributed by atoms with E-state index in [4.69, 9.17) is 0 Å². The molecule has 1 aliphatic carbocycles. The molecule has 5 rings (SSSR count). The minimum absolute atomic E-state index is 0.0617. The van der Waals surface area contributed by atoms with Crippen molar-refractivity contribution in [3.63, 3.8) is 0 Å². The van der Waals surface area contributed by atoms with Gasteiger partial charge in [-0.05, 0) is 42.5 Å². The van der Waals surface area contributed by atoms with Gasteiger partial charge >= 0.3 is 0 Å². The number of hydrogen-bond acceptors (Lipinski definition) is 4. The summed E-state index contributed by atoms with van der Waals surface area (Å²) in [6.45, 7) is 3.67. The first-order valence-corrected chi connectivity index (χ1v) is 13.1. The molecule has 6 nitrogen and oxygen atoms in total. The molecule has 164 valence electrons. The SMILES string of the molecule is O=C(C1CC1)N1CCc2cc(Br)cc(S(=O)(=O)N3CCN(Cc4ccccc4)CC3)c21. The van der Waals surface area contributed by atoms with Gasteiger partial charge in [0.25, 0.3) is 0 Å². The Hall–Kier alpha value is -1.74. The van der Waals surface area contributed by atoms with Gasteiger partial charge in [-0.25, -0.2) is 8.42 Å². The molecule has 8 heteroatoms. The molecule has 2 aliphatic heterocycles. The number of benzene rings is 2. The third-order valence-electron chi connectivity index (χ3n) is 6.38. The van der Waals surface area contributed by atoms with Gasteiger partial charge in [0.05, 0.1) is 5.69 Å². The van der Waals surface area contributed by atoms with Gasteiger partial charge in [-0.2, -0.15) is 4.31 Å². The van der Waals surface area contributed by atoms with Crippen LogP contribution in [0, 0.1) is 5.92 Å². The van der Waals surface area contributed by atoms with Gasteiger partial charge in [0.15, 0.2) is 0 Å². The predicted molar refractivity (Wildman–Crippen MR) is 123 cm³/mol. The van der Waals surface area contributed by atoms with Crippen LogP contribution in [0.15, 0.2) is 51.8 Å². The van der Waals surface area contributed by atoms with E-state index < -0.39 is 10.0 Å². The van der Waals surface area contributed by atoms with E-state index in [0.29, 0.717) is 44.8 Å². The summed E-state index contributed by atoms with van der Waals surface area (Å²) in [5, 5.41) is 0. The molecule has 2 aromatic carbocycles. The Morgan fingerprint density at radius 3 is 2.39 bits per heavy atom. The second-order valence-corrected chi connectivity index (χ2v) is 11.4. The van der Waals surface area contributed by atoms with Crippen LogP contribution in [0.1, 0.15) is 24.0 Å². The van der Waals surface area contributed by atoms with E-state index in [9.17, 15) is 13.2 Å². The van der Waals surface area contributed by atoms with Crippen LogP contribution in [0.25, 0.3) is 0 Å². The Balaban J connectivity index is 1.37. The average Bonchev–Trinajstić information content (AvgIpc) is 3.53. The molecule has 1 amide bonds. The smallest absolute Gasteiger partial charge is 0.245 e. The van der Waals surface area contributed by atoms with Crippen LogP contribution in [0.4, 0.5) is 5.69 Å². The Morgan fingerprint density at radius 2 is 1.71 bits per heavy atom. The minimum Gasteiger partial charge on any atom is -0.310 e. The summed E-state index contributed by atoms with van der Waals surface area (Å²) >= 11 is 3.48. The molecule has 2 aromatic rings. The van der Waals surface area contributed by atoms with Crippen molar-refractivity contribution in [2.45, 2.75) is 30.7 Å². The monoisotopic (exact) mass is 503 g/mol. The number of sulfonamides is 1. The molecule has 0 spiro atoms. The number of carbonyl (C=O) groups excluding carboxylic acids is 1. The maximum Gasteiger partial charge on any atom is 0.245 e. The Morgan fingerprint density at radius 1 is 1.00 bits per heavy atom. The number of nitrogens with zero attached hydrogens (tertiary/aromatic N) is 3. The van der Waals surface area contributed by atoms with Crippen molar-refractivity contribution >= 4 is 37.5 Å². The van der Waals surface area contributed by atoms with Crippen LogP contribution < -0.4 is 4.90 Å². The molecule has 0 radical (unpaired) electrons. The second-order valence-electron chi connectivity index (χ2n) is 8.59. The zero-order valence-corrected chi connectivity index (χ0v) is 19.7. The summed E-state index contributed by atoms with van der Waals surface area (Å²) in [6.07, 6.45) is 2.51. The third kappa shape index (κ3) is 4.18. The van der Waals surface area contributed by atoms with Gasteiger partial charge in [0.1, 0.15) is 4.90 Å². The van der Waals surface area contributed by atoms with E-state index in [1.165, 1.54) is 5.56 Å². The van der Waals surface area contributed by atoms with E-state index in [0.717, 1.165) is 29.4 Å². The molecular formula is C23H26BrN3O3S. The van der Waals surface area contributed by atoms with E-state index in [-0.39, 0.29) is 16.7 Å². The fourth-order valence-electron chi connectivity index (χ4n) is 4.55. The summed E-state index contributed by atoms with van der Waals surface area (Å²) in [7, 11) is -3.70. The topological polar surface area (TPSA) is 60.9 Å². The highest BCUT2D eigenvalue weighted by Gasteiger charge is 2.40. The molecular weight excluding hydrogens is 478 g/mol. The number of rotatable bonds is 5. The summed E-state index contributed by atoms with van der Waals surface area (Å²) in [4.78, 5) is 17.1. The largest absolute Gasteiger partial charge is 0.310 e. The molecule has 3 aliphatic rings. The number of fused-ring (bicyclic) bond motifs is 1. The first kappa shape index (κ1) is 21.1. The van der Waals surface area contributed by atoms with Gasteiger partial charge in [0.2, 0.25) is 15.9 Å². The van der Waals surface area contributed by atoms with E-state index in [1.807, 2.05) is 24.3 Å². The zero-order chi connectivity index (χ0) is 21.6. The normalized spacial score (nSPS) is 20.1. The quantitative estimate of drug-likeness (QED) is 0.628. The van der Waals surface area contributed by atoms with Crippen LogP contribution in [0.3, 0.4) is 0 Å². The summed E-state index contributed by atoms with van der Waals surface area (Å²) in [5.74, 6) is 0.136. The number of carbonyl (C=O) groups is 1.